The topological polar surface area (TPSA) is 72.2 Å². The van der Waals surface area contributed by atoms with Crippen LogP contribution < -0.4 is 5.32 Å². The van der Waals surface area contributed by atoms with E-state index >= 15 is 0 Å². The average molecular weight is 392 g/mol. The van der Waals surface area contributed by atoms with Crippen LogP contribution in [0, 0.1) is 12.7 Å². The standard InChI is InChI=1S/C18H17FN2O3S2/c1-12-16(21-18(24-12)14-6-2-3-7-15(14)19)10-26(23)11-17(22)20-9-13-5-4-8-25-13/h2-8H,9-11H2,1H3,(H,20,22)/t26-/m0/s1. The van der Waals surface area contributed by atoms with E-state index in [0.29, 0.717) is 18.0 Å². The molecule has 5 nitrogen and oxygen atoms in total. The second-order valence-electron chi connectivity index (χ2n) is 5.59. The number of amides is 1. The van der Waals surface area contributed by atoms with Crippen LogP contribution in [0.2, 0.25) is 0 Å². The number of aromatic nitrogens is 1. The first kappa shape index (κ1) is 18.5. The molecule has 136 valence electrons. The lowest BCUT2D eigenvalue weighted by Gasteiger charge is -2.03. The minimum Gasteiger partial charge on any atom is -0.441 e. The summed E-state index contributed by atoms with van der Waals surface area (Å²) in [5.74, 6) is -0.143. The quantitative estimate of drug-likeness (QED) is 0.669. The van der Waals surface area contributed by atoms with Crippen molar-refractivity contribution in [3.8, 4) is 11.5 Å². The van der Waals surface area contributed by atoms with Gasteiger partial charge in [0.15, 0.2) is 0 Å². The Labute approximate surface area is 156 Å². The highest BCUT2D eigenvalue weighted by Crippen LogP contribution is 2.24. The van der Waals surface area contributed by atoms with E-state index in [1.54, 1.807) is 36.5 Å². The van der Waals surface area contributed by atoms with Gasteiger partial charge in [-0.15, -0.1) is 11.3 Å². The van der Waals surface area contributed by atoms with Crippen LogP contribution >= 0.6 is 11.3 Å². The number of hydrogen-bond donors (Lipinski definition) is 1. The predicted molar refractivity (Wildman–Crippen MR) is 99.5 cm³/mol. The van der Waals surface area contributed by atoms with Gasteiger partial charge in [-0.3, -0.25) is 9.00 Å². The number of halogens is 1. The van der Waals surface area contributed by atoms with Crippen molar-refractivity contribution in [2.45, 2.75) is 19.2 Å². The van der Waals surface area contributed by atoms with Gasteiger partial charge in [0.05, 0.1) is 23.6 Å². The van der Waals surface area contributed by atoms with E-state index in [2.05, 4.69) is 10.3 Å². The first-order chi connectivity index (χ1) is 12.5. The molecule has 0 aliphatic carbocycles. The van der Waals surface area contributed by atoms with E-state index in [9.17, 15) is 13.4 Å². The van der Waals surface area contributed by atoms with Gasteiger partial charge in [-0.2, -0.15) is 0 Å². The summed E-state index contributed by atoms with van der Waals surface area (Å²) in [7, 11) is -1.43. The molecule has 2 aromatic heterocycles. The van der Waals surface area contributed by atoms with Crippen molar-refractivity contribution in [2.75, 3.05) is 5.75 Å². The molecule has 1 atom stereocenters. The Kier molecular flexibility index (Phi) is 5.95. The van der Waals surface area contributed by atoms with Gasteiger partial charge in [0.1, 0.15) is 17.3 Å². The van der Waals surface area contributed by atoms with Crippen molar-refractivity contribution in [1.82, 2.24) is 10.3 Å². The van der Waals surface area contributed by atoms with E-state index < -0.39 is 16.6 Å². The maximum Gasteiger partial charge on any atom is 0.232 e. The van der Waals surface area contributed by atoms with Crippen LogP contribution in [0.15, 0.2) is 46.2 Å². The molecule has 0 bridgehead atoms. The number of nitrogens with one attached hydrogen (secondary N) is 1. The van der Waals surface area contributed by atoms with Crippen molar-refractivity contribution in [3.05, 3.63) is 63.9 Å². The molecule has 1 aromatic carbocycles. The van der Waals surface area contributed by atoms with Crippen LogP contribution in [0.5, 0.6) is 0 Å². The molecule has 3 rings (SSSR count). The summed E-state index contributed by atoms with van der Waals surface area (Å²) in [6.07, 6.45) is 0. The molecular weight excluding hydrogens is 375 g/mol. The SMILES string of the molecule is Cc1oc(-c2ccccc2F)nc1C[S@](=O)CC(=O)NCc1cccs1. The summed E-state index contributed by atoms with van der Waals surface area (Å²) in [4.78, 5) is 17.2. The predicted octanol–water partition coefficient (Wildman–Crippen LogP) is 3.42. The Morgan fingerprint density at radius 1 is 1.31 bits per heavy atom. The zero-order valence-corrected chi connectivity index (χ0v) is 15.7. The summed E-state index contributed by atoms with van der Waals surface area (Å²) in [5, 5.41) is 4.67. The van der Waals surface area contributed by atoms with Crippen LogP contribution in [0.3, 0.4) is 0 Å². The van der Waals surface area contributed by atoms with Crippen molar-refractivity contribution >= 4 is 28.0 Å². The lowest BCUT2D eigenvalue weighted by atomic mass is 10.2. The molecule has 0 saturated carbocycles. The monoisotopic (exact) mass is 392 g/mol. The third-order valence-electron chi connectivity index (χ3n) is 3.63. The number of benzene rings is 1. The van der Waals surface area contributed by atoms with E-state index in [-0.39, 0.29) is 28.9 Å². The first-order valence-electron chi connectivity index (χ1n) is 7.88. The zero-order chi connectivity index (χ0) is 18.5. The maximum absolute atomic E-state index is 13.8. The highest BCUT2D eigenvalue weighted by molar-refractivity contribution is 7.84. The molecular formula is C18H17FN2O3S2. The number of thiophene rings is 1. The molecule has 1 N–H and O–H groups in total. The van der Waals surface area contributed by atoms with Gasteiger partial charge in [-0.25, -0.2) is 9.37 Å². The maximum atomic E-state index is 13.8. The van der Waals surface area contributed by atoms with Gasteiger partial charge in [-0.05, 0) is 30.5 Å². The Morgan fingerprint density at radius 3 is 2.85 bits per heavy atom. The molecule has 0 spiro atoms. The number of aryl methyl sites for hydroxylation is 1. The summed E-state index contributed by atoms with van der Waals surface area (Å²) < 4.78 is 31.6. The molecule has 2 heterocycles. The molecule has 8 heteroatoms. The van der Waals surface area contributed by atoms with Gasteiger partial charge < -0.3 is 9.73 Å². The van der Waals surface area contributed by atoms with Crippen LogP contribution in [-0.4, -0.2) is 20.9 Å². The number of oxazole rings is 1. The molecule has 0 unspecified atom stereocenters. The normalized spacial score (nSPS) is 12.1. The fraction of sp³-hybridized carbons (Fsp3) is 0.222. The molecule has 0 aliphatic heterocycles. The number of rotatable bonds is 7. The Bertz CT molecular complexity index is 922. The van der Waals surface area contributed by atoms with E-state index in [0.717, 1.165) is 4.88 Å². The highest BCUT2D eigenvalue weighted by Gasteiger charge is 2.17. The second-order valence-corrected chi connectivity index (χ2v) is 8.08. The summed E-state index contributed by atoms with van der Waals surface area (Å²) in [6, 6.07) is 9.99. The fourth-order valence-corrected chi connectivity index (χ4v) is 4.03. The lowest BCUT2D eigenvalue weighted by Crippen LogP contribution is -2.28. The van der Waals surface area contributed by atoms with Gasteiger partial charge in [-0.1, -0.05) is 18.2 Å². The van der Waals surface area contributed by atoms with Crippen LogP contribution in [0.1, 0.15) is 16.3 Å². The smallest absolute Gasteiger partial charge is 0.232 e. The largest absolute Gasteiger partial charge is 0.441 e. The Morgan fingerprint density at radius 2 is 2.12 bits per heavy atom. The zero-order valence-electron chi connectivity index (χ0n) is 14.0. The van der Waals surface area contributed by atoms with Crippen LogP contribution in [0.4, 0.5) is 4.39 Å². The minimum absolute atomic E-state index is 0.0796. The van der Waals surface area contributed by atoms with E-state index in [1.807, 2.05) is 17.5 Å². The second kappa shape index (κ2) is 8.37. The third-order valence-corrected chi connectivity index (χ3v) is 5.68. The molecule has 0 radical (unpaired) electrons. The van der Waals surface area contributed by atoms with Gasteiger partial charge in [0, 0.05) is 15.7 Å². The Balaban J connectivity index is 1.59. The van der Waals surface area contributed by atoms with E-state index in [1.165, 1.54) is 6.07 Å². The number of carbonyl (C=O) groups excluding carboxylic acids is 1. The molecule has 26 heavy (non-hydrogen) atoms. The first-order valence-corrected chi connectivity index (χ1v) is 10.2. The Hall–Kier alpha value is -2.32. The average Bonchev–Trinajstić information content (AvgIpc) is 3.24. The lowest BCUT2D eigenvalue weighted by molar-refractivity contribution is -0.118. The van der Waals surface area contributed by atoms with Gasteiger partial charge in [0.2, 0.25) is 11.8 Å². The highest BCUT2D eigenvalue weighted by atomic mass is 32.2. The van der Waals surface area contributed by atoms with Crippen molar-refractivity contribution < 1.29 is 17.8 Å². The number of nitrogens with zero attached hydrogens (tertiary/aromatic N) is 1. The number of hydrogen-bond acceptors (Lipinski definition) is 5. The molecule has 0 fully saturated rings. The van der Waals surface area contributed by atoms with Gasteiger partial charge in [0.25, 0.3) is 0 Å². The van der Waals surface area contributed by atoms with Crippen molar-refractivity contribution in [3.63, 3.8) is 0 Å². The molecule has 0 aliphatic rings. The molecule has 0 saturated heterocycles. The van der Waals surface area contributed by atoms with Crippen molar-refractivity contribution in [1.29, 1.82) is 0 Å². The van der Waals surface area contributed by atoms with Crippen LogP contribution in [-0.2, 0) is 27.9 Å². The van der Waals surface area contributed by atoms with E-state index in [4.69, 9.17) is 4.42 Å². The molecule has 3 aromatic rings. The minimum atomic E-state index is -1.43. The fourth-order valence-electron chi connectivity index (χ4n) is 2.31. The number of carbonyl (C=O) groups is 1. The summed E-state index contributed by atoms with van der Waals surface area (Å²) >= 11 is 1.55. The summed E-state index contributed by atoms with van der Waals surface area (Å²) in [5.41, 5.74) is 0.717. The summed E-state index contributed by atoms with van der Waals surface area (Å²) in [6.45, 7) is 2.11. The third kappa shape index (κ3) is 4.64. The molecule has 1 amide bonds. The van der Waals surface area contributed by atoms with Crippen molar-refractivity contribution in [2.24, 2.45) is 0 Å². The van der Waals surface area contributed by atoms with Gasteiger partial charge >= 0.3 is 0 Å². The van der Waals surface area contributed by atoms with Crippen LogP contribution in [0.25, 0.3) is 11.5 Å².